The number of likely N-dealkylation sites (tertiary alicyclic amines) is 1. The second-order valence-electron chi connectivity index (χ2n) is 4.94. The van der Waals surface area contributed by atoms with E-state index in [0.717, 1.165) is 0 Å². The Morgan fingerprint density at radius 1 is 1.43 bits per heavy atom. The van der Waals surface area contributed by atoms with Crippen LogP contribution in [0.1, 0.15) is 27.7 Å². The number of carbonyl (C=O) groups is 2. The molecular formula is C12H13N5O3S. The maximum Gasteiger partial charge on any atom is 0.303 e. The first-order valence-corrected chi connectivity index (χ1v) is 7.28. The molecule has 110 valence electrons. The second kappa shape index (κ2) is 5.60. The molecule has 2 aromatic heterocycles. The standard InChI is InChI=1S/C12H13N5O3S/c18-11(19)1-7-4-17(12(20)10-3-13-6-21-10)5-8(7)9-2-14-16-15-9/h2-3,6-8H,1,4-5H2,(H,18,19)(H,14,15,16)/t7-,8+/m1/s1. The Morgan fingerprint density at radius 3 is 2.90 bits per heavy atom. The molecule has 1 saturated heterocycles. The van der Waals surface area contributed by atoms with Crippen molar-refractivity contribution in [2.45, 2.75) is 12.3 Å². The van der Waals surface area contributed by atoms with Gasteiger partial charge >= 0.3 is 5.97 Å². The van der Waals surface area contributed by atoms with Crippen molar-refractivity contribution in [1.82, 2.24) is 25.3 Å². The number of thiazole rings is 1. The molecule has 0 spiro atoms. The summed E-state index contributed by atoms with van der Waals surface area (Å²) in [5.74, 6) is -1.26. The average molecular weight is 307 g/mol. The van der Waals surface area contributed by atoms with E-state index < -0.39 is 5.97 Å². The fourth-order valence-electron chi connectivity index (χ4n) is 2.67. The fourth-order valence-corrected chi connectivity index (χ4v) is 3.26. The van der Waals surface area contributed by atoms with Gasteiger partial charge in [-0.1, -0.05) is 0 Å². The fraction of sp³-hybridized carbons (Fsp3) is 0.417. The minimum absolute atomic E-state index is 0.00397. The first-order chi connectivity index (χ1) is 10.1. The van der Waals surface area contributed by atoms with Crippen LogP contribution < -0.4 is 0 Å². The molecule has 2 N–H and O–H groups in total. The molecule has 1 amide bonds. The Kier molecular flexibility index (Phi) is 3.65. The summed E-state index contributed by atoms with van der Waals surface area (Å²) >= 11 is 1.28. The van der Waals surface area contributed by atoms with Gasteiger partial charge in [-0.2, -0.15) is 15.4 Å². The Labute approximate surface area is 123 Å². The third-order valence-corrected chi connectivity index (χ3v) is 4.38. The van der Waals surface area contributed by atoms with Gasteiger partial charge in [-0.15, -0.1) is 11.3 Å². The van der Waals surface area contributed by atoms with E-state index in [1.165, 1.54) is 17.5 Å². The zero-order valence-electron chi connectivity index (χ0n) is 11.0. The SMILES string of the molecule is O=C(O)C[C@@H]1CN(C(=O)c2cncs2)C[C@@H]1c1cn[nH]n1. The van der Waals surface area contributed by atoms with Crippen molar-refractivity contribution in [1.29, 1.82) is 0 Å². The molecule has 0 bridgehead atoms. The van der Waals surface area contributed by atoms with Crippen LogP contribution in [0.25, 0.3) is 0 Å². The highest BCUT2D eigenvalue weighted by atomic mass is 32.1. The summed E-state index contributed by atoms with van der Waals surface area (Å²) in [6.07, 6.45) is 3.12. The molecule has 1 fully saturated rings. The van der Waals surface area contributed by atoms with E-state index >= 15 is 0 Å². The van der Waals surface area contributed by atoms with Crippen molar-refractivity contribution in [3.63, 3.8) is 0 Å². The highest BCUT2D eigenvalue weighted by molar-refractivity contribution is 7.11. The highest BCUT2D eigenvalue weighted by Gasteiger charge is 2.39. The third-order valence-electron chi connectivity index (χ3n) is 3.62. The Bertz CT molecular complexity index is 627. The lowest BCUT2D eigenvalue weighted by atomic mass is 9.91. The molecule has 2 atom stereocenters. The quantitative estimate of drug-likeness (QED) is 0.855. The van der Waals surface area contributed by atoms with Crippen LogP contribution in [0.5, 0.6) is 0 Å². The number of amides is 1. The molecule has 1 aliphatic heterocycles. The lowest BCUT2D eigenvalue weighted by Crippen LogP contribution is -2.28. The van der Waals surface area contributed by atoms with E-state index in [2.05, 4.69) is 20.4 Å². The molecular weight excluding hydrogens is 294 g/mol. The van der Waals surface area contributed by atoms with Gasteiger partial charge in [0.1, 0.15) is 4.88 Å². The number of aliphatic carboxylic acids is 1. The minimum atomic E-state index is -0.874. The van der Waals surface area contributed by atoms with Crippen molar-refractivity contribution >= 4 is 23.2 Å². The smallest absolute Gasteiger partial charge is 0.303 e. The summed E-state index contributed by atoms with van der Waals surface area (Å²) in [5.41, 5.74) is 2.30. The summed E-state index contributed by atoms with van der Waals surface area (Å²) in [7, 11) is 0. The van der Waals surface area contributed by atoms with Crippen LogP contribution in [0.4, 0.5) is 0 Å². The van der Waals surface area contributed by atoms with Crippen molar-refractivity contribution < 1.29 is 14.7 Å². The number of aromatic amines is 1. The largest absolute Gasteiger partial charge is 0.481 e. The van der Waals surface area contributed by atoms with Gasteiger partial charge < -0.3 is 10.0 Å². The number of carbonyl (C=O) groups excluding carboxylic acids is 1. The molecule has 3 heterocycles. The van der Waals surface area contributed by atoms with E-state index in [1.807, 2.05) is 0 Å². The molecule has 9 heteroatoms. The predicted molar refractivity (Wildman–Crippen MR) is 72.9 cm³/mol. The van der Waals surface area contributed by atoms with Crippen LogP contribution in [0.3, 0.4) is 0 Å². The normalized spacial score (nSPS) is 21.6. The molecule has 0 radical (unpaired) electrons. The number of nitrogens with zero attached hydrogens (tertiary/aromatic N) is 4. The first kappa shape index (κ1) is 13.7. The first-order valence-electron chi connectivity index (χ1n) is 6.40. The summed E-state index contributed by atoms with van der Waals surface area (Å²) in [4.78, 5) is 29.5. The molecule has 8 nitrogen and oxygen atoms in total. The van der Waals surface area contributed by atoms with Gasteiger partial charge in [0.15, 0.2) is 0 Å². The molecule has 0 aliphatic carbocycles. The number of nitrogens with one attached hydrogen (secondary N) is 1. The maximum atomic E-state index is 12.4. The van der Waals surface area contributed by atoms with E-state index in [9.17, 15) is 9.59 Å². The van der Waals surface area contributed by atoms with Crippen LogP contribution >= 0.6 is 11.3 Å². The number of rotatable bonds is 4. The number of carboxylic acid groups (broad SMARTS) is 1. The summed E-state index contributed by atoms with van der Waals surface area (Å²) in [5, 5.41) is 19.4. The number of hydrogen-bond donors (Lipinski definition) is 2. The van der Waals surface area contributed by atoms with Gasteiger partial charge in [0, 0.05) is 19.0 Å². The van der Waals surface area contributed by atoms with Crippen LogP contribution in [0, 0.1) is 5.92 Å². The Hall–Kier alpha value is -2.29. The second-order valence-corrected chi connectivity index (χ2v) is 5.82. The lowest BCUT2D eigenvalue weighted by Gasteiger charge is -2.14. The van der Waals surface area contributed by atoms with Crippen molar-refractivity contribution in [2.24, 2.45) is 5.92 Å². The van der Waals surface area contributed by atoms with Crippen molar-refractivity contribution in [3.8, 4) is 0 Å². The minimum Gasteiger partial charge on any atom is -0.481 e. The summed E-state index contributed by atoms with van der Waals surface area (Å²) in [6.45, 7) is 0.849. The van der Waals surface area contributed by atoms with Crippen LogP contribution in [0.2, 0.25) is 0 Å². The van der Waals surface area contributed by atoms with Gasteiger partial charge in [-0.3, -0.25) is 14.6 Å². The van der Waals surface area contributed by atoms with Gasteiger partial charge in [-0.25, -0.2) is 0 Å². The zero-order valence-corrected chi connectivity index (χ0v) is 11.8. The average Bonchev–Trinajstić information content (AvgIpc) is 3.18. The van der Waals surface area contributed by atoms with Gasteiger partial charge in [0.05, 0.1) is 30.0 Å². The Morgan fingerprint density at radius 2 is 2.29 bits per heavy atom. The molecule has 2 aromatic rings. The van der Waals surface area contributed by atoms with Gasteiger partial charge in [-0.05, 0) is 5.92 Å². The van der Waals surface area contributed by atoms with Crippen LogP contribution in [-0.2, 0) is 4.79 Å². The number of hydrogen-bond acceptors (Lipinski definition) is 6. The van der Waals surface area contributed by atoms with E-state index in [1.54, 1.807) is 16.6 Å². The summed E-state index contributed by atoms with van der Waals surface area (Å²) in [6, 6.07) is 0. The van der Waals surface area contributed by atoms with Crippen molar-refractivity contribution in [3.05, 3.63) is 28.5 Å². The van der Waals surface area contributed by atoms with E-state index in [4.69, 9.17) is 5.11 Å². The molecule has 3 rings (SSSR count). The molecule has 1 aliphatic rings. The maximum absolute atomic E-state index is 12.4. The number of carboxylic acids is 1. The van der Waals surface area contributed by atoms with Gasteiger partial charge in [0.2, 0.25) is 0 Å². The topological polar surface area (TPSA) is 112 Å². The number of H-pyrrole nitrogens is 1. The monoisotopic (exact) mass is 307 g/mol. The van der Waals surface area contributed by atoms with Crippen LogP contribution in [-0.4, -0.2) is 55.4 Å². The third kappa shape index (κ3) is 2.77. The molecule has 0 aromatic carbocycles. The number of aromatic nitrogens is 4. The summed E-state index contributed by atoms with van der Waals surface area (Å²) < 4.78 is 0. The molecule has 21 heavy (non-hydrogen) atoms. The zero-order chi connectivity index (χ0) is 14.8. The van der Waals surface area contributed by atoms with Crippen LogP contribution in [0.15, 0.2) is 17.9 Å². The predicted octanol–water partition coefficient (Wildman–Crippen LogP) is 0.592. The van der Waals surface area contributed by atoms with Crippen molar-refractivity contribution in [2.75, 3.05) is 13.1 Å². The molecule has 0 saturated carbocycles. The Balaban J connectivity index is 1.80. The van der Waals surface area contributed by atoms with Gasteiger partial charge in [0.25, 0.3) is 5.91 Å². The lowest BCUT2D eigenvalue weighted by molar-refractivity contribution is -0.138. The molecule has 0 unspecified atom stereocenters. The highest BCUT2D eigenvalue weighted by Crippen LogP contribution is 2.34. The van der Waals surface area contributed by atoms with E-state index in [0.29, 0.717) is 23.7 Å². The van der Waals surface area contributed by atoms with E-state index in [-0.39, 0.29) is 24.2 Å².